The number of hydrogen-bond donors (Lipinski definition) is 1. The van der Waals surface area contributed by atoms with E-state index < -0.39 is 15.0 Å². The lowest BCUT2D eigenvalue weighted by Gasteiger charge is -2.10. The molecule has 0 saturated carbocycles. The van der Waals surface area contributed by atoms with E-state index in [1.807, 2.05) is 0 Å². The van der Waals surface area contributed by atoms with Crippen LogP contribution in [0.15, 0.2) is 47.4 Å². The number of hydrogen-bond acceptors (Lipinski definition) is 5. The molecule has 0 saturated heterocycles. The van der Waals surface area contributed by atoms with Crippen molar-refractivity contribution in [1.29, 1.82) is 0 Å². The molecule has 0 unspecified atom stereocenters. The van der Waals surface area contributed by atoms with Crippen LogP contribution in [0.5, 0.6) is 5.75 Å². The molecule has 0 bridgehead atoms. The van der Waals surface area contributed by atoms with E-state index in [4.69, 9.17) is 4.74 Å². The van der Waals surface area contributed by atoms with Gasteiger partial charge in [0.05, 0.1) is 16.9 Å². The number of nitrogens with zero attached hydrogens (tertiary/aromatic N) is 1. The zero-order valence-electron chi connectivity index (χ0n) is 11.6. The van der Waals surface area contributed by atoms with Crippen molar-refractivity contribution in [3.8, 4) is 5.75 Å². The first-order valence-electron chi connectivity index (χ1n) is 6.19. The number of benzene rings is 2. The summed E-state index contributed by atoms with van der Waals surface area (Å²) in [5.74, 6) is 0.390. The summed E-state index contributed by atoms with van der Waals surface area (Å²) in [7, 11) is -3.02. The number of methoxy groups -OCH3 is 1. The van der Waals surface area contributed by atoms with Crippen molar-refractivity contribution in [1.82, 2.24) is 0 Å². The van der Waals surface area contributed by atoms with Crippen LogP contribution in [-0.4, -0.2) is 25.0 Å². The highest BCUT2D eigenvalue weighted by Gasteiger charge is 2.20. The van der Waals surface area contributed by atoms with Crippen LogP contribution in [0.2, 0.25) is 0 Å². The number of nitro benzene ring substituents is 1. The average Bonchev–Trinajstić information content (AvgIpc) is 2.46. The zero-order valence-corrected chi connectivity index (χ0v) is 12.4. The molecule has 0 heterocycles. The molecule has 0 aliphatic heterocycles. The van der Waals surface area contributed by atoms with Crippen molar-refractivity contribution in [2.45, 2.75) is 11.3 Å². The fraction of sp³-hybridized carbons (Fsp3) is 0.143. The summed E-state index contributed by atoms with van der Waals surface area (Å²) in [5, 5.41) is 11.0. The van der Waals surface area contributed by atoms with Crippen molar-refractivity contribution in [3.63, 3.8) is 0 Å². The van der Waals surface area contributed by atoms with E-state index in [1.165, 1.54) is 43.5 Å². The van der Waals surface area contributed by atoms with E-state index in [-0.39, 0.29) is 22.6 Å². The lowest BCUT2D eigenvalue weighted by molar-refractivity contribution is -0.385. The maximum Gasteiger partial charge on any atom is 0.294 e. The highest BCUT2D eigenvalue weighted by Crippen LogP contribution is 2.27. The topological polar surface area (TPSA) is 107 Å². The molecule has 0 aliphatic rings. The quantitative estimate of drug-likeness (QED) is 0.514. The molecule has 7 nitrogen and oxygen atoms in total. The lowest BCUT2D eigenvalue weighted by Crippen LogP contribution is -2.05. The summed E-state index contributed by atoms with van der Waals surface area (Å²) in [6.07, 6.45) is -0.0243. The molecule has 0 radical (unpaired) electrons. The number of nitro groups is 1. The SMILES string of the molecule is COc1ccc(S(=O)(=O)O)c(Cc2ccccc2[N+](=O)[O-])c1. The summed E-state index contributed by atoms with van der Waals surface area (Å²) < 4.78 is 37.2. The van der Waals surface area contributed by atoms with Crippen LogP contribution in [0.4, 0.5) is 5.69 Å². The van der Waals surface area contributed by atoms with Gasteiger partial charge >= 0.3 is 0 Å². The maximum absolute atomic E-state index is 11.4. The monoisotopic (exact) mass is 323 g/mol. The molecule has 8 heteroatoms. The number of para-hydroxylation sites is 1. The minimum atomic E-state index is -4.44. The predicted octanol–water partition coefficient (Wildman–Crippen LogP) is 2.44. The Kier molecular flexibility index (Phi) is 4.43. The highest BCUT2D eigenvalue weighted by atomic mass is 32.2. The fourth-order valence-corrected chi connectivity index (χ4v) is 2.82. The van der Waals surface area contributed by atoms with Crippen molar-refractivity contribution in [2.75, 3.05) is 7.11 Å². The molecule has 2 aromatic carbocycles. The van der Waals surface area contributed by atoms with E-state index in [2.05, 4.69) is 0 Å². The third kappa shape index (κ3) is 3.41. The maximum atomic E-state index is 11.4. The van der Waals surface area contributed by atoms with Gasteiger partial charge in [-0.15, -0.1) is 0 Å². The zero-order chi connectivity index (χ0) is 16.3. The van der Waals surface area contributed by atoms with Crippen molar-refractivity contribution >= 4 is 15.8 Å². The highest BCUT2D eigenvalue weighted by molar-refractivity contribution is 7.85. The Morgan fingerprint density at radius 1 is 1.18 bits per heavy atom. The molecular formula is C14H13NO6S. The van der Waals surface area contributed by atoms with E-state index in [0.717, 1.165) is 0 Å². The van der Waals surface area contributed by atoms with Gasteiger partial charge in [0.15, 0.2) is 0 Å². The Hall–Kier alpha value is -2.45. The molecule has 0 aliphatic carbocycles. The van der Waals surface area contributed by atoms with Crippen LogP contribution in [0.3, 0.4) is 0 Å². The molecule has 0 aromatic heterocycles. The summed E-state index contributed by atoms with van der Waals surface area (Å²) in [6, 6.07) is 10.0. The largest absolute Gasteiger partial charge is 0.497 e. The average molecular weight is 323 g/mol. The van der Waals surface area contributed by atoms with Gasteiger partial charge in [0.1, 0.15) is 5.75 Å². The van der Waals surface area contributed by atoms with Gasteiger partial charge in [-0.2, -0.15) is 8.42 Å². The van der Waals surface area contributed by atoms with Gasteiger partial charge in [0.2, 0.25) is 0 Å². The minimum absolute atomic E-state index is 0.0243. The van der Waals surface area contributed by atoms with Crippen LogP contribution in [-0.2, 0) is 16.5 Å². The van der Waals surface area contributed by atoms with Gasteiger partial charge < -0.3 is 4.74 Å². The minimum Gasteiger partial charge on any atom is -0.497 e. The first-order valence-corrected chi connectivity index (χ1v) is 7.63. The van der Waals surface area contributed by atoms with Crippen molar-refractivity contribution in [3.05, 3.63) is 63.7 Å². The third-order valence-electron chi connectivity index (χ3n) is 3.11. The molecule has 0 fully saturated rings. The van der Waals surface area contributed by atoms with Gasteiger partial charge in [-0.1, -0.05) is 18.2 Å². The second-order valence-electron chi connectivity index (χ2n) is 4.51. The molecule has 2 rings (SSSR count). The van der Waals surface area contributed by atoms with Crippen LogP contribution < -0.4 is 4.74 Å². The second-order valence-corrected chi connectivity index (χ2v) is 5.90. The van der Waals surface area contributed by atoms with Gasteiger partial charge in [0.25, 0.3) is 15.8 Å². The van der Waals surface area contributed by atoms with Crippen LogP contribution in [0.25, 0.3) is 0 Å². The van der Waals surface area contributed by atoms with Crippen LogP contribution in [0.1, 0.15) is 11.1 Å². The van der Waals surface area contributed by atoms with Gasteiger partial charge in [0, 0.05) is 18.1 Å². The summed E-state index contributed by atoms with van der Waals surface area (Å²) in [5.41, 5.74) is 0.438. The Balaban J connectivity index is 2.56. The standard InChI is InChI=1S/C14H13NO6S/c1-21-12-6-7-14(22(18,19)20)11(9-12)8-10-4-2-3-5-13(10)15(16)17/h2-7,9H,8H2,1H3,(H,18,19,20). The molecule has 0 atom stereocenters. The Bertz CT molecular complexity index is 816. The molecule has 1 N–H and O–H groups in total. The molecule has 116 valence electrons. The van der Waals surface area contributed by atoms with Gasteiger partial charge in [-0.25, -0.2) is 0 Å². The van der Waals surface area contributed by atoms with Crippen LogP contribution in [0, 0.1) is 10.1 Å². The lowest BCUT2D eigenvalue weighted by atomic mass is 10.0. The Morgan fingerprint density at radius 2 is 1.86 bits per heavy atom. The normalized spacial score (nSPS) is 11.2. The van der Waals surface area contributed by atoms with Gasteiger partial charge in [-0.3, -0.25) is 14.7 Å². The Morgan fingerprint density at radius 3 is 2.45 bits per heavy atom. The van der Waals surface area contributed by atoms with Crippen molar-refractivity contribution < 1.29 is 22.6 Å². The van der Waals surface area contributed by atoms with E-state index >= 15 is 0 Å². The van der Waals surface area contributed by atoms with Gasteiger partial charge in [-0.05, 0) is 23.8 Å². The Labute approximate surface area is 127 Å². The van der Waals surface area contributed by atoms with Crippen LogP contribution >= 0.6 is 0 Å². The molecule has 22 heavy (non-hydrogen) atoms. The predicted molar refractivity (Wildman–Crippen MR) is 78.7 cm³/mol. The summed E-state index contributed by atoms with van der Waals surface area (Å²) in [4.78, 5) is 10.2. The first-order chi connectivity index (χ1) is 10.3. The molecular weight excluding hydrogens is 310 g/mol. The third-order valence-corrected chi connectivity index (χ3v) is 4.07. The first kappa shape index (κ1) is 15.9. The summed E-state index contributed by atoms with van der Waals surface area (Å²) >= 11 is 0. The second kappa shape index (κ2) is 6.12. The smallest absolute Gasteiger partial charge is 0.294 e. The van der Waals surface area contributed by atoms with E-state index in [9.17, 15) is 23.1 Å². The number of ether oxygens (including phenoxy) is 1. The molecule has 2 aromatic rings. The van der Waals surface area contributed by atoms with Crippen molar-refractivity contribution in [2.24, 2.45) is 0 Å². The molecule has 0 amide bonds. The van der Waals surface area contributed by atoms with E-state index in [1.54, 1.807) is 6.07 Å². The summed E-state index contributed by atoms with van der Waals surface area (Å²) in [6.45, 7) is 0. The molecule has 0 spiro atoms. The number of rotatable bonds is 5. The fourth-order valence-electron chi connectivity index (χ4n) is 2.12. The van der Waals surface area contributed by atoms with E-state index in [0.29, 0.717) is 11.3 Å².